The molecule has 2 aromatic rings. The Balaban J connectivity index is 1.46. The maximum absolute atomic E-state index is 12.4. The van der Waals surface area contributed by atoms with E-state index in [0.717, 1.165) is 25.2 Å². The summed E-state index contributed by atoms with van der Waals surface area (Å²) < 4.78 is 5.62. The molecule has 1 atom stereocenters. The van der Waals surface area contributed by atoms with Crippen LogP contribution in [0.15, 0.2) is 40.9 Å². The van der Waals surface area contributed by atoms with Gasteiger partial charge in [0.1, 0.15) is 0 Å². The second-order valence-electron chi connectivity index (χ2n) is 6.11. The van der Waals surface area contributed by atoms with Crippen LogP contribution in [-0.4, -0.2) is 41.5 Å². The van der Waals surface area contributed by atoms with Crippen molar-refractivity contribution >= 4 is 5.91 Å². The zero-order valence-corrected chi connectivity index (χ0v) is 12.4. The lowest BCUT2D eigenvalue weighted by molar-refractivity contribution is 0.0606. The van der Waals surface area contributed by atoms with Gasteiger partial charge in [-0.15, -0.1) is 0 Å². The third-order valence-electron chi connectivity index (χ3n) is 4.72. The maximum Gasteiger partial charge on any atom is 0.289 e. The molecule has 114 valence electrons. The van der Waals surface area contributed by atoms with Crippen LogP contribution in [0.3, 0.4) is 0 Å². The summed E-state index contributed by atoms with van der Waals surface area (Å²) in [5, 5.41) is 3.12. The molecule has 1 amide bonds. The van der Waals surface area contributed by atoms with Crippen molar-refractivity contribution in [3.63, 3.8) is 0 Å². The molecule has 22 heavy (non-hydrogen) atoms. The largest absolute Gasteiger partial charge is 0.431 e. The number of aromatic nitrogens is 1. The van der Waals surface area contributed by atoms with Gasteiger partial charge in [0.05, 0.1) is 6.20 Å². The third-order valence-corrected chi connectivity index (χ3v) is 4.72. The number of carbonyl (C=O) groups is 1. The Kier molecular flexibility index (Phi) is 3.42. The third kappa shape index (κ3) is 2.52. The fourth-order valence-corrected chi connectivity index (χ4v) is 3.46. The van der Waals surface area contributed by atoms with Gasteiger partial charge in [-0.1, -0.05) is 18.2 Å². The Morgan fingerprint density at radius 2 is 2.00 bits per heavy atom. The van der Waals surface area contributed by atoms with Crippen molar-refractivity contribution in [3.05, 3.63) is 42.3 Å². The van der Waals surface area contributed by atoms with Gasteiger partial charge in [-0.3, -0.25) is 4.79 Å². The highest BCUT2D eigenvalue weighted by molar-refractivity contribution is 5.91. The Bertz CT molecular complexity index is 660. The summed E-state index contributed by atoms with van der Waals surface area (Å²) in [7, 11) is 0. The molecule has 1 unspecified atom stereocenters. The molecule has 0 spiro atoms. The zero-order chi connectivity index (χ0) is 14.9. The predicted molar refractivity (Wildman–Crippen MR) is 82.4 cm³/mol. The van der Waals surface area contributed by atoms with Gasteiger partial charge in [0.15, 0.2) is 0 Å². The van der Waals surface area contributed by atoms with Crippen molar-refractivity contribution < 1.29 is 9.21 Å². The Labute approximate surface area is 129 Å². The van der Waals surface area contributed by atoms with E-state index >= 15 is 0 Å². The first-order valence-corrected chi connectivity index (χ1v) is 7.84. The highest BCUT2D eigenvalue weighted by atomic mass is 16.4. The monoisotopic (exact) mass is 297 g/mol. The highest BCUT2D eigenvalue weighted by Gasteiger charge is 2.35. The molecule has 3 fully saturated rings. The van der Waals surface area contributed by atoms with Gasteiger partial charge in [0.2, 0.25) is 11.7 Å². The van der Waals surface area contributed by atoms with Crippen molar-refractivity contribution in [2.75, 3.05) is 19.6 Å². The van der Waals surface area contributed by atoms with Crippen LogP contribution in [0.2, 0.25) is 0 Å². The van der Waals surface area contributed by atoms with E-state index in [0.29, 0.717) is 11.8 Å². The average molecular weight is 297 g/mol. The fraction of sp³-hybridized carbons (Fsp3) is 0.412. The summed E-state index contributed by atoms with van der Waals surface area (Å²) >= 11 is 0. The van der Waals surface area contributed by atoms with Gasteiger partial charge in [-0.05, 0) is 44.0 Å². The number of nitrogens with zero attached hydrogens (tertiary/aromatic N) is 2. The van der Waals surface area contributed by atoms with Crippen LogP contribution in [0.4, 0.5) is 0 Å². The number of hydrogen-bond donors (Lipinski definition) is 1. The molecule has 1 aromatic heterocycles. The van der Waals surface area contributed by atoms with E-state index in [4.69, 9.17) is 4.42 Å². The number of carbonyl (C=O) groups excluding carboxylic acids is 1. The SMILES string of the molecule is O=C(NC1CN2CCC1CC2)c1cnc(-c2ccccc2)o1. The summed E-state index contributed by atoms with van der Waals surface area (Å²) in [5.74, 6) is 1.22. The summed E-state index contributed by atoms with van der Waals surface area (Å²) in [6, 6.07) is 9.86. The number of nitrogens with one attached hydrogen (secondary N) is 1. The van der Waals surface area contributed by atoms with Crippen molar-refractivity contribution in [3.8, 4) is 11.5 Å². The molecule has 3 saturated heterocycles. The molecular formula is C17H19N3O2. The number of rotatable bonds is 3. The summed E-state index contributed by atoms with van der Waals surface area (Å²) in [6.07, 6.45) is 3.87. The van der Waals surface area contributed by atoms with Crippen LogP contribution < -0.4 is 5.32 Å². The molecule has 3 aliphatic heterocycles. The summed E-state index contributed by atoms with van der Waals surface area (Å²) in [4.78, 5) is 19.0. The van der Waals surface area contributed by atoms with E-state index in [2.05, 4.69) is 15.2 Å². The quantitative estimate of drug-likeness (QED) is 0.943. The fourth-order valence-electron chi connectivity index (χ4n) is 3.46. The van der Waals surface area contributed by atoms with Gasteiger partial charge in [0, 0.05) is 18.2 Å². The number of oxazole rings is 1. The van der Waals surface area contributed by atoms with Crippen molar-refractivity contribution in [2.45, 2.75) is 18.9 Å². The van der Waals surface area contributed by atoms with E-state index in [1.165, 1.54) is 19.0 Å². The Hall–Kier alpha value is -2.14. The van der Waals surface area contributed by atoms with Crippen LogP contribution >= 0.6 is 0 Å². The molecule has 2 bridgehead atoms. The summed E-state index contributed by atoms with van der Waals surface area (Å²) in [5.41, 5.74) is 0.879. The molecular weight excluding hydrogens is 278 g/mol. The van der Waals surface area contributed by atoms with Gasteiger partial charge in [0.25, 0.3) is 5.91 Å². The first-order chi connectivity index (χ1) is 10.8. The first-order valence-electron chi connectivity index (χ1n) is 7.84. The van der Waals surface area contributed by atoms with E-state index in [1.54, 1.807) is 0 Å². The molecule has 1 aromatic carbocycles. The Morgan fingerprint density at radius 1 is 1.23 bits per heavy atom. The number of piperidine rings is 3. The zero-order valence-electron chi connectivity index (χ0n) is 12.4. The Morgan fingerprint density at radius 3 is 2.68 bits per heavy atom. The second-order valence-corrected chi connectivity index (χ2v) is 6.11. The van der Waals surface area contributed by atoms with Gasteiger partial charge in [-0.25, -0.2) is 4.98 Å². The normalized spacial score (nSPS) is 26.8. The first kappa shape index (κ1) is 13.5. The second kappa shape index (κ2) is 5.57. The topological polar surface area (TPSA) is 58.4 Å². The summed E-state index contributed by atoms with van der Waals surface area (Å²) in [6.45, 7) is 3.28. The smallest absolute Gasteiger partial charge is 0.289 e. The lowest BCUT2D eigenvalue weighted by atomic mass is 9.84. The van der Waals surface area contributed by atoms with E-state index < -0.39 is 0 Å². The van der Waals surface area contributed by atoms with Crippen molar-refractivity contribution in [1.29, 1.82) is 0 Å². The number of amides is 1. The predicted octanol–water partition coefficient (Wildman–Crippen LogP) is 2.17. The van der Waals surface area contributed by atoms with Crippen LogP contribution in [0.5, 0.6) is 0 Å². The van der Waals surface area contributed by atoms with Crippen molar-refractivity contribution in [2.24, 2.45) is 5.92 Å². The van der Waals surface area contributed by atoms with Gasteiger partial charge >= 0.3 is 0 Å². The van der Waals surface area contributed by atoms with Crippen LogP contribution in [0.25, 0.3) is 11.5 Å². The minimum Gasteiger partial charge on any atom is -0.431 e. The lowest BCUT2D eigenvalue weighted by Crippen LogP contribution is -2.57. The standard InChI is InChI=1S/C17H19N3O2/c21-16(19-14-11-20-8-6-12(14)7-9-20)15-10-18-17(22-15)13-4-2-1-3-5-13/h1-5,10,12,14H,6-9,11H2,(H,19,21). The number of fused-ring (bicyclic) bond motifs is 3. The molecule has 1 N–H and O–H groups in total. The number of hydrogen-bond acceptors (Lipinski definition) is 4. The van der Waals surface area contributed by atoms with Crippen LogP contribution in [0.1, 0.15) is 23.4 Å². The van der Waals surface area contributed by atoms with E-state index in [-0.39, 0.29) is 17.7 Å². The minimum atomic E-state index is -0.159. The van der Waals surface area contributed by atoms with Gasteiger partial charge in [-0.2, -0.15) is 0 Å². The van der Waals surface area contributed by atoms with E-state index in [9.17, 15) is 4.79 Å². The highest BCUT2D eigenvalue weighted by Crippen LogP contribution is 2.28. The molecule has 5 heteroatoms. The van der Waals surface area contributed by atoms with Gasteiger partial charge < -0.3 is 14.6 Å². The van der Waals surface area contributed by atoms with Crippen molar-refractivity contribution in [1.82, 2.24) is 15.2 Å². The lowest BCUT2D eigenvalue weighted by Gasteiger charge is -2.44. The average Bonchev–Trinajstić information content (AvgIpc) is 3.07. The molecule has 0 aliphatic carbocycles. The molecule has 5 rings (SSSR count). The van der Waals surface area contributed by atoms with Crippen LogP contribution in [0, 0.1) is 5.92 Å². The molecule has 4 heterocycles. The molecule has 0 saturated carbocycles. The number of benzene rings is 1. The van der Waals surface area contributed by atoms with Crippen LogP contribution in [-0.2, 0) is 0 Å². The molecule has 5 nitrogen and oxygen atoms in total. The van der Waals surface area contributed by atoms with E-state index in [1.807, 2.05) is 30.3 Å². The molecule has 0 radical (unpaired) electrons. The minimum absolute atomic E-state index is 0.159. The molecule has 3 aliphatic rings. The maximum atomic E-state index is 12.4.